The first-order valence-corrected chi connectivity index (χ1v) is 15.1. The van der Waals surface area contributed by atoms with Gasteiger partial charge in [-0.1, -0.05) is 55.6 Å². The van der Waals surface area contributed by atoms with E-state index in [1.54, 1.807) is 0 Å². The molecule has 1 saturated heterocycles. The van der Waals surface area contributed by atoms with Crippen molar-refractivity contribution in [2.45, 2.75) is 39.0 Å². The van der Waals surface area contributed by atoms with Gasteiger partial charge in [-0.25, -0.2) is 4.79 Å². The summed E-state index contributed by atoms with van der Waals surface area (Å²) in [6.07, 6.45) is 12.3. The van der Waals surface area contributed by atoms with Gasteiger partial charge in [0.2, 0.25) is 5.91 Å². The van der Waals surface area contributed by atoms with Gasteiger partial charge in [0.25, 0.3) is 0 Å². The summed E-state index contributed by atoms with van der Waals surface area (Å²) in [5.41, 5.74) is 5.99. The van der Waals surface area contributed by atoms with Crippen molar-refractivity contribution < 1.29 is 14.7 Å². The molecule has 2 fully saturated rings. The Morgan fingerprint density at radius 1 is 1.11 bits per heavy atom. The summed E-state index contributed by atoms with van der Waals surface area (Å²) >= 11 is 8.14. The second kappa shape index (κ2) is 10.7. The summed E-state index contributed by atoms with van der Waals surface area (Å²) in [4.78, 5) is 37.3. The van der Waals surface area contributed by atoms with Crippen LogP contribution in [-0.4, -0.2) is 89.1 Å². The largest absolute Gasteiger partial charge is 0.476 e. The van der Waals surface area contributed by atoms with Crippen LogP contribution in [-0.2, 0) is 9.59 Å². The van der Waals surface area contributed by atoms with Gasteiger partial charge in [-0.3, -0.25) is 9.79 Å². The Labute approximate surface area is 233 Å². The standard InChI is InChI=1S/C29H35ClN4O3S/c1-2-32-10-12-34(13-11-32)23(35)17-33-15-19-14-31-28(29(36)37)38-27(19)26-21(16-33)25-20(8-9-22(25)30)24(26)18-6-4-3-5-7-18/h8-9,16,18,25H,2-7,10-15,17H2,1H3,(H,36,37). The van der Waals surface area contributed by atoms with Gasteiger partial charge in [-0.2, -0.15) is 0 Å². The summed E-state index contributed by atoms with van der Waals surface area (Å²) in [7, 11) is 0. The molecule has 6 aliphatic rings. The zero-order chi connectivity index (χ0) is 26.4. The van der Waals surface area contributed by atoms with Crippen LogP contribution in [0.2, 0.25) is 0 Å². The number of nitrogens with zero attached hydrogens (tertiary/aromatic N) is 4. The summed E-state index contributed by atoms with van der Waals surface area (Å²) in [5.74, 6) is -0.433. The second-order valence-electron chi connectivity index (χ2n) is 11.0. The van der Waals surface area contributed by atoms with E-state index in [4.69, 9.17) is 11.6 Å². The van der Waals surface area contributed by atoms with Gasteiger partial charge in [-0.05, 0) is 59.2 Å². The van der Waals surface area contributed by atoms with Gasteiger partial charge in [0.1, 0.15) is 0 Å². The zero-order valence-electron chi connectivity index (χ0n) is 21.9. The number of halogens is 1. The molecule has 6 rings (SSSR count). The molecule has 1 atom stereocenters. The number of hydrogen-bond acceptors (Lipinski definition) is 6. The highest BCUT2D eigenvalue weighted by atomic mass is 35.5. The van der Waals surface area contributed by atoms with Gasteiger partial charge >= 0.3 is 5.97 Å². The van der Waals surface area contributed by atoms with Crippen molar-refractivity contribution in [1.82, 2.24) is 14.7 Å². The van der Waals surface area contributed by atoms with E-state index in [9.17, 15) is 14.7 Å². The van der Waals surface area contributed by atoms with Crippen LogP contribution >= 0.6 is 23.4 Å². The molecule has 3 aliphatic heterocycles. The highest BCUT2D eigenvalue weighted by molar-refractivity contribution is 8.19. The Balaban J connectivity index is 1.38. The Morgan fingerprint density at radius 3 is 2.58 bits per heavy atom. The van der Waals surface area contributed by atoms with E-state index in [-0.39, 0.29) is 16.9 Å². The number of fused-ring (bicyclic) bond motifs is 4. The Bertz CT molecular complexity index is 1230. The minimum atomic E-state index is -0.982. The number of piperazine rings is 1. The fourth-order valence-electron chi connectivity index (χ4n) is 6.82. The third-order valence-corrected chi connectivity index (χ3v) is 10.3. The van der Waals surface area contributed by atoms with Crippen LogP contribution in [0.1, 0.15) is 39.0 Å². The minimum Gasteiger partial charge on any atom is -0.476 e. The summed E-state index contributed by atoms with van der Waals surface area (Å²) in [6.45, 7) is 7.72. The van der Waals surface area contributed by atoms with Crippen molar-refractivity contribution in [2.24, 2.45) is 16.8 Å². The molecular weight excluding hydrogens is 520 g/mol. The van der Waals surface area contributed by atoms with Crippen molar-refractivity contribution in [3.63, 3.8) is 0 Å². The first-order chi connectivity index (χ1) is 18.4. The smallest absolute Gasteiger partial charge is 0.361 e. The highest BCUT2D eigenvalue weighted by Crippen LogP contribution is 2.58. The fraction of sp³-hybridized carbons (Fsp3) is 0.552. The highest BCUT2D eigenvalue weighted by Gasteiger charge is 2.45. The Hall–Kier alpha value is -2.29. The number of allylic oxidation sites excluding steroid dienone is 7. The van der Waals surface area contributed by atoms with E-state index in [0.717, 1.165) is 66.6 Å². The number of aliphatic carboxylic acids is 1. The molecule has 1 amide bonds. The lowest BCUT2D eigenvalue weighted by Crippen LogP contribution is -2.50. The molecular formula is C29H35ClN4O3S. The summed E-state index contributed by atoms with van der Waals surface area (Å²) in [5, 5.41) is 10.7. The molecule has 0 aromatic carbocycles. The summed E-state index contributed by atoms with van der Waals surface area (Å²) < 4.78 is 0. The van der Waals surface area contributed by atoms with Crippen molar-refractivity contribution in [2.75, 3.05) is 52.4 Å². The topological polar surface area (TPSA) is 76.5 Å². The third kappa shape index (κ3) is 4.69. The van der Waals surface area contributed by atoms with Crippen LogP contribution in [0.15, 0.2) is 61.1 Å². The molecule has 0 spiro atoms. The number of amides is 1. The molecule has 9 heteroatoms. The first kappa shape index (κ1) is 26.0. The van der Waals surface area contributed by atoms with Crippen LogP contribution in [0, 0.1) is 11.8 Å². The molecule has 38 heavy (non-hydrogen) atoms. The number of thioether (sulfide) groups is 1. The average Bonchev–Trinajstić information content (AvgIpc) is 3.41. The fourth-order valence-corrected chi connectivity index (χ4v) is 8.13. The molecule has 1 N–H and O–H groups in total. The Morgan fingerprint density at radius 2 is 1.87 bits per heavy atom. The molecule has 0 aromatic heterocycles. The molecule has 0 radical (unpaired) electrons. The van der Waals surface area contributed by atoms with E-state index in [0.29, 0.717) is 25.6 Å². The molecule has 3 aliphatic carbocycles. The van der Waals surface area contributed by atoms with Crippen LogP contribution in [0.25, 0.3) is 0 Å². The van der Waals surface area contributed by atoms with Crippen LogP contribution < -0.4 is 0 Å². The van der Waals surface area contributed by atoms with Gasteiger partial charge in [0.15, 0.2) is 5.04 Å². The number of hydrogen-bond donors (Lipinski definition) is 1. The van der Waals surface area contributed by atoms with Gasteiger partial charge in [0.05, 0.1) is 13.1 Å². The van der Waals surface area contributed by atoms with Gasteiger partial charge < -0.3 is 19.8 Å². The van der Waals surface area contributed by atoms with E-state index < -0.39 is 5.97 Å². The lowest BCUT2D eigenvalue weighted by Gasteiger charge is -2.35. The predicted molar refractivity (Wildman–Crippen MR) is 152 cm³/mol. The number of carbonyl (C=O) groups excluding carboxylic acids is 1. The lowest BCUT2D eigenvalue weighted by atomic mass is 9.80. The second-order valence-corrected chi connectivity index (χ2v) is 12.4. The van der Waals surface area contributed by atoms with E-state index in [1.165, 1.54) is 47.7 Å². The summed E-state index contributed by atoms with van der Waals surface area (Å²) in [6, 6.07) is 0. The monoisotopic (exact) mass is 554 g/mol. The van der Waals surface area contributed by atoms with Crippen molar-refractivity contribution in [3.05, 3.63) is 56.2 Å². The van der Waals surface area contributed by atoms with E-state index >= 15 is 0 Å². The van der Waals surface area contributed by atoms with Crippen LogP contribution in [0.3, 0.4) is 0 Å². The number of carboxylic acids is 1. The lowest BCUT2D eigenvalue weighted by molar-refractivity contribution is -0.133. The van der Waals surface area contributed by atoms with Crippen molar-refractivity contribution in [1.29, 1.82) is 0 Å². The molecule has 1 saturated carbocycles. The molecule has 0 bridgehead atoms. The maximum atomic E-state index is 13.4. The van der Waals surface area contributed by atoms with Gasteiger partial charge in [-0.15, -0.1) is 0 Å². The maximum Gasteiger partial charge on any atom is 0.361 e. The van der Waals surface area contributed by atoms with Crippen LogP contribution in [0.5, 0.6) is 0 Å². The molecule has 3 heterocycles. The maximum absolute atomic E-state index is 13.4. The molecule has 7 nitrogen and oxygen atoms in total. The van der Waals surface area contributed by atoms with E-state index in [1.807, 2.05) is 11.0 Å². The molecule has 1 unspecified atom stereocenters. The normalized spacial score (nSPS) is 26.3. The van der Waals surface area contributed by atoms with Crippen molar-refractivity contribution in [3.8, 4) is 0 Å². The minimum absolute atomic E-state index is 0.0334. The van der Waals surface area contributed by atoms with Gasteiger partial charge in [0, 0.05) is 54.8 Å². The number of likely N-dealkylation sites (N-methyl/N-ethyl adjacent to an activating group) is 1. The number of aliphatic imine (C=N–C) groups is 1. The quantitative estimate of drug-likeness (QED) is 0.543. The SMILES string of the molecule is CCN1CCN(C(=O)CN2C=C3C(=C(C4CCCCC4)C4=CC=C(Cl)C34)C3=C(CN=C(C(=O)O)S3)C2)CC1. The predicted octanol–water partition coefficient (Wildman–Crippen LogP) is 4.40. The molecule has 0 aromatic rings. The van der Waals surface area contributed by atoms with E-state index in [2.05, 4.69) is 34.0 Å². The number of carboxylic acid groups (broad SMARTS) is 1. The number of carbonyl (C=O) groups is 2. The zero-order valence-corrected chi connectivity index (χ0v) is 23.5. The first-order valence-electron chi connectivity index (χ1n) is 13.9. The average molecular weight is 555 g/mol. The number of rotatable bonds is 5. The third-order valence-electron chi connectivity index (χ3n) is 8.77. The van der Waals surface area contributed by atoms with Crippen LogP contribution in [0.4, 0.5) is 0 Å². The molecule has 202 valence electrons. The van der Waals surface area contributed by atoms with Crippen molar-refractivity contribution >= 4 is 40.3 Å². The Kier molecular flexibility index (Phi) is 7.31.